The molecule has 3 unspecified atom stereocenters. The normalized spacial score (nSPS) is 29.9. The molecule has 0 aromatic carbocycles. The maximum Gasteiger partial charge on any atom is 0.490 e. The van der Waals surface area contributed by atoms with Crippen LogP contribution in [0.1, 0.15) is 19.3 Å². The van der Waals surface area contributed by atoms with Gasteiger partial charge < -0.3 is 14.2 Å². The summed E-state index contributed by atoms with van der Waals surface area (Å²) >= 11 is 0. The van der Waals surface area contributed by atoms with E-state index in [0.717, 1.165) is 0 Å². The van der Waals surface area contributed by atoms with E-state index >= 15 is 0 Å². The van der Waals surface area contributed by atoms with Crippen molar-refractivity contribution in [1.82, 2.24) is 0 Å². The number of carbonyl (C=O) groups is 3. The van der Waals surface area contributed by atoms with E-state index in [1.165, 1.54) is 0 Å². The van der Waals surface area contributed by atoms with E-state index in [0.29, 0.717) is 0 Å². The molecule has 15 heteroatoms. The summed E-state index contributed by atoms with van der Waals surface area (Å²) in [5, 5.41) is 0. The van der Waals surface area contributed by atoms with Crippen LogP contribution >= 0.6 is 0 Å². The molecule has 0 N–H and O–H groups in total. The van der Waals surface area contributed by atoms with E-state index in [-0.39, 0.29) is 19.3 Å². The lowest BCUT2D eigenvalue weighted by Crippen LogP contribution is -2.57. The standard InChI is InChI=1S/C14H11F9O6/c15-12(16,17)9(24)27-5-1-4-2-6(28-10(25)13(18,19)20)8(5)7(3-4)29-11(26)14(21,22)23/h4-8H,1-3H2. The van der Waals surface area contributed by atoms with Crippen molar-refractivity contribution >= 4 is 17.9 Å². The monoisotopic (exact) mass is 446 g/mol. The summed E-state index contributed by atoms with van der Waals surface area (Å²) in [7, 11) is 0. The second-order valence-corrected chi connectivity index (χ2v) is 6.48. The molecule has 3 saturated carbocycles. The summed E-state index contributed by atoms with van der Waals surface area (Å²) in [6.45, 7) is 0. The van der Waals surface area contributed by atoms with Crippen molar-refractivity contribution in [2.45, 2.75) is 56.1 Å². The highest BCUT2D eigenvalue weighted by Gasteiger charge is 2.57. The first kappa shape index (κ1) is 23.1. The molecule has 0 heterocycles. The molecule has 6 nitrogen and oxygen atoms in total. The van der Waals surface area contributed by atoms with Crippen LogP contribution in [0.4, 0.5) is 39.5 Å². The van der Waals surface area contributed by atoms with Gasteiger partial charge in [0.1, 0.15) is 18.3 Å². The Balaban J connectivity index is 2.27. The van der Waals surface area contributed by atoms with E-state index in [1.54, 1.807) is 0 Å². The van der Waals surface area contributed by atoms with Gasteiger partial charge in [0, 0.05) is 0 Å². The fraction of sp³-hybridized carbons (Fsp3) is 0.786. The van der Waals surface area contributed by atoms with Crippen LogP contribution < -0.4 is 0 Å². The third kappa shape index (κ3) is 5.44. The van der Waals surface area contributed by atoms with Gasteiger partial charge in [-0.25, -0.2) is 14.4 Å². The number of alkyl halides is 9. The fourth-order valence-electron chi connectivity index (χ4n) is 3.46. The quantitative estimate of drug-likeness (QED) is 0.377. The highest BCUT2D eigenvalue weighted by atomic mass is 19.4. The third-order valence-electron chi connectivity index (χ3n) is 4.45. The minimum absolute atomic E-state index is 0.355. The van der Waals surface area contributed by atoms with Crippen molar-refractivity contribution in [1.29, 1.82) is 0 Å². The van der Waals surface area contributed by atoms with Gasteiger partial charge in [0.25, 0.3) is 0 Å². The summed E-state index contributed by atoms with van der Waals surface area (Å²) in [5.41, 5.74) is 0. The second kappa shape index (κ2) is 7.55. The molecule has 3 aliphatic rings. The Morgan fingerprint density at radius 3 is 1.00 bits per heavy atom. The number of hydrogen-bond donors (Lipinski definition) is 0. The lowest BCUT2D eigenvalue weighted by Gasteiger charge is -2.49. The van der Waals surface area contributed by atoms with E-state index < -0.39 is 66.6 Å². The molecule has 0 amide bonds. The van der Waals surface area contributed by atoms with E-state index in [9.17, 15) is 53.9 Å². The smallest absolute Gasteiger partial charge is 0.455 e. The molecule has 0 aromatic rings. The number of hydrogen-bond acceptors (Lipinski definition) is 6. The van der Waals surface area contributed by atoms with Crippen LogP contribution in [0.25, 0.3) is 0 Å². The van der Waals surface area contributed by atoms with Crippen molar-refractivity contribution in [3.05, 3.63) is 0 Å². The van der Waals surface area contributed by atoms with Gasteiger partial charge in [0.2, 0.25) is 0 Å². The Labute approximate surface area is 155 Å². The zero-order valence-electron chi connectivity index (χ0n) is 13.9. The van der Waals surface area contributed by atoms with Crippen LogP contribution in [0, 0.1) is 11.8 Å². The molecule has 3 atom stereocenters. The van der Waals surface area contributed by atoms with Crippen LogP contribution in [-0.4, -0.2) is 54.7 Å². The number of ether oxygens (including phenoxy) is 3. The second-order valence-electron chi connectivity index (χ2n) is 6.48. The van der Waals surface area contributed by atoms with Gasteiger partial charge in [-0.1, -0.05) is 0 Å². The summed E-state index contributed by atoms with van der Waals surface area (Å²) < 4.78 is 124. The molecule has 0 aliphatic heterocycles. The maximum atomic E-state index is 12.4. The highest BCUT2D eigenvalue weighted by Crippen LogP contribution is 2.47. The Hall–Kier alpha value is -2.22. The molecule has 29 heavy (non-hydrogen) atoms. The summed E-state index contributed by atoms with van der Waals surface area (Å²) in [6.07, 6.45) is -23.2. The fourth-order valence-corrected chi connectivity index (χ4v) is 3.46. The Morgan fingerprint density at radius 1 is 0.552 bits per heavy atom. The SMILES string of the molecule is O=C(OC1CC2CC(OC(=O)C(F)(F)F)C1C(OC(=O)C(F)(F)F)C2)C(F)(F)F. The van der Waals surface area contributed by atoms with E-state index in [2.05, 4.69) is 14.2 Å². The predicted octanol–water partition coefficient (Wildman–Crippen LogP) is 2.84. The molecule has 0 spiro atoms. The predicted molar refractivity (Wildman–Crippen MR) is 68.6 cm³/mol. The lowest BCUT2D eigenvalue weighted by atomic mass is 9.65. The molecular weight excluding hydrogens is 435 g/mol. The van der Waals surface area contributed by atoms with E-state index in [4.69, 9.17) is 0 Å². The molecule has 3 rings (SSSR count). The Bertz CT molecular complexity index is 578. The van der Waals surface area contributed by atoms with Crippen LogP contribution in [0.5, 0.6) is 0 Å². The zero-order valence-corrected chi connectivity index (χ0v) is 13.9. The van der Waals surface area contributed by atoms with Crippen LogP contribution in [0.2, 0.25) is 0 Å². The van der Waals surface area contributed by atoms with Crippen LogP contribution in [0.3, 0.4) is 0 Å². The Morgan fingerprint density at radius 2 is 0.793 bits per heavy atom. The summed E-state index contributed by atoms with van der Waals surface area (Å²) in [5.74, 6) is -11.0. The molecule has 3 fully saturated rings. The molecule has 2 bridgehead atoms. The molecule has 0 saturated heterocycles. The maximum absolute atomic E-state index is 12.4. The van der Waals surface area contributed by atoms with Crippen molar-refractivity contribution in [3.8, 4) is 0 Å². The van der Waals surface area contributed by atoms with Crippen molar-refractivity contribution in [2.75, 3.05) is 0 Å². The van der Waals surface area contributed by atoms with Gasteiger partial charge in [0.15, 0.2) is 0 Å². The minimum atomic E-state index is -5.49. The van der Waals surface area contributed by atoms with Crippen LogP contribution in [-0.2, 0) is 28.6 Å². The number of esters is 3. The van der Waals surface area contributed by atoms with Gasteiger partial charge in [0.05, 0.1) is 5.92 Å². The largest absolute Gasteiger partial charge is 0.490 e. The van der Waals surface area contributed by atoms with Gasteiger partial charge in [-0.15, -0.1) is 0 Å². The average molecular weight is 446 g/mol. The number of rotatable bonds is 3. The molecular formula is C14H11F9O6. The van der Waals surface area contributed by atoms with Gasteiger partial charge in [-0.3, -0.25) is 0 Å². The molecule has 0 aromatic heterocycles. The lowest BCUT2D eigenvalue weighted by molar-refractivity contribution is -0.245. The summed E-state index contributed by atoms with van der Waals surface area (Å²) in [6, 6.07) is 0. The Kier molecular flexibility index (Phi) is 6.01. The first-order valence-electron chi connectivity index (χ1n) is 7.83. The topological polar surface area (TPSA) is 78.9 Å². The van der Waals surface area contributed by atoms with Gasteiger partial charge >= 0.3 is 36.4 Å². The van der Waals surface area contributed by atoms with Crippen molar-refractivity contribution in [3.63, 3.8) is 0 Å². The third-order valence-corrected chi connectivity index (χ3v) is 4.45. The number of carbonyl (C=O) groups excluding carboxylic acids is 3. The first-order chi connectivity index (χ1) is 13.0. The first-order valence-corrected chi connectivity index (χ1v) is 7.83. The van der Waals surface area contributed by atoms with Crippen LogP contribution in [0.15, 0.2) is 0 Å². The molecule has 0 radical (unpaired) electrons. The number of fused-ring (bicyclic) bond motifs is 3. The van der Waals surface area contributed by atoms with Crippen molar-refractivity contribution < 1.29 is 68.1 Å². The minimum Gasteiger partial charge on any atom is -0.455 e. The molecule has 3 aliphatic carbocycles. The molecule has 166 valence electrons. The van der Waals surface area contributed by atoms with Crippen molar-refractivity contribution in [2.24, 2.45) is 11.8 Å². The van der Waals surface area contributed by atoms with Gasteiger partial charge in [-0.05, 0) is 25.2 Å². The number of halogens is 9. The summed E-state index contributed by atoms with van der Waals surface area (Å²) in [4.78, 5) is 33.2. The highest BCUT2D eigenvalue weighted by molar-refractivity contribution is 5.77. The van der Waals surface area contributed by atoms with Gasteiger partial charge in [-0.2, -0.15) is 39.5 Å². The van der Waals surface area contributed by atoms with E-state index in [1.807, 2.05) is 0 Å². The average Bonchev–Trinajstić information content (AvgIpc) is 2.51. The zero-order chi connectivity index (χ0) is 22.4.